The summed E-state index contributed by atoms with van der Waals surface area (Å²) in [5, 5.41) is 0. The van der Waals surface area contributed by atoms with Crippen molar-refractivity contribution in [2.45, 2.75) is 59.3 Å². The molecular formula is C35H32S2. The van der Waals surface area contributed by atoms with E-state index in [0.717, 1.165) is 0 Å². The first-order valence-electron chi connectivity index (χ1n) is 13.2. The molecule has 184 valence electrons. The van der Waals surface area contributed by atoms with Crippen LogP contribution < -0.4 is 0 Å². The number of thiophene rings is 2. The summed E-state index contributed by atoms with van der Waals surface area (Å²) in [4.78, 5) is 5.45. The van der Waals surface area contributed by atoms with Crippen LogP contribution in [0.15, 0.2) is 66.7 Å². The molecule has 0 N–H and O–H groups in total. The summed E-state index contributed by atoms with van der Waals surface area (Å²) >= 11 is 3.77. The van der Waals surface area contributed by atoms with Gasteiger partial charge in [-0.3, -0.25) is 0 Å². The topological polar surface area (TPSA) is 0 Å². The SMILES string of the molecule is Cc1ccc(-c2ccc3c(c2)C(C)(C)c2cc4c(cc2-3)C(C)(C)c2cc(-c3ccc(C)s3)cc(C)c2-4)s1. The van der Waals surface area contributed by atoms with Crippen molar-refractivity contribution in [3.63, 3.8) is 0 Å². The van der Waals surface area contributed by atoms with E-state index in [1.54, 1.807) is 0 Å². The van der Waals surface area contributed by atoms with Crippen LogP contribution in [-0.4, -0.2) is 0 Å². The predicted molar refractivity (Wildman–Crippen MR) is 162 cm³/mol. The molecule has 0 nitrogen and oxygen atoms in total. The molecule has 7 rings (SSSR count). The van der Waals surface area contributed by atoms with E-state index >= 15 is 0 Å². The van der Waals surface area contributed by atoms with Crippen LogP contribution in [0.2, 0.25) is 0 Å². The molecule has 0 saturated carbocycles. The molecule has 0 atom stereocenters. The number of hydrogen-bond acceptors (Lipinski definition) is 2. The fourth-order valence-electron chi connectivity index (χ4n) is 6.76. The molecule has 2 aliphatic rings. The molecule has 0 bridgehead atoms. The number of benzene rings is 3. The fourth-order valence-corrected chi connectivity index (χ4v) is 8.48. The van der Waals surface area contributed by atoms with E-state index in [1.807, 2.05) is 22.7 Å². The van der Waals surface area contributed by atoms with Gasteiger partial charge < -0.3 is 0 Å². The van der Waals surface area contributed by atoms with Crippen molar-refractivity contribution in [3.05, 3.63) is 104 Å². The van der Waals surface area contributed by atoms with Crippen LogP contribution in [0.4, 0.5) is 0 Å². The number of fused-ring (bicyclic) bond motifs is 6. The molecule has 0 spiro atoms. The normalized spacial score (nSPS) is 15.9. The van der Waals surface area contributed by atoms with Crippen LogP contribution >= 0.6 is 22.7 Å². The van der Waals surface area contributed by atoms with Gasteiger partial charge in [0.15, 0.2) is 0 Å². The standard InChI is InChI=1S/C35H32S2/c1-19-14-23(32-13-9-21(3)37-32)16-30-33(19)26-18-28-25(17-29(26)35(30,6)7)24-11-10-22(15-27(24)34(28,4)5)31-12-8-20(2)36-31/h8-18H,1-7H3. The third kappa shape index (κ3) is 3.19. The second kappa shape index (κ2) is 7.56. The number of rotatable bonds is 2. The Morgan fingerprint density at radius 1 is 0.486 bits per heavy atom. The zero-order chi connectivity index (χ0) is 25.9. The van der Waals surface area contributed by atoms with Gasteiger partial charge in [-0.2, -0.15) is 0 Å². The lowest BCUT2D eigenvalue weighted by molar-refractivity contribution is 0.652. The molecule has 3 aromatic carbocycles. The fraction of sp³-hybridized carbons (Fsp3) is 0.257. The monoisotopic (exact) mass is 516 g/mol. The van der Waals surface area contributed by atoms with E-state index in [4.69, 9.17) is 0 Å². The van der Waals surface area contributed by atoms with E-state index in [2.05, 4.69) is 115 Å². The largest absolute Gasteiger partial charge is 0.141 e. The summed E-state index contributed by atoms with van der Waals surface area (Å²) in [5.41, 5.74) is 15.5. The molecule has 2 heteroatoms. The minimum atomic E-state index is -0.0336. The van der Waals surface area contributed by atoms with Gasteiger partial charge >= 0.3 is 0 Å². The van der Waals surface area contributed by atoms with Crippen molar-refractivity contribution in [2.75, 3.05) is 0 Å². The summed E-state index contributed by atoms with van der Waals surface area (Å²) in [6.07, 6.45) is 0. The van der Waals surface area contributed by atoms with Crippen LogP contribution in [0.3, 0.4) is 0 Å². The van der Waals surface area contributed by atoms with Crippen LogP contribution in [-0.2, 0) is 10.8 Å². The van der Waals surface area contributed by atoms with Gasteiger partial charge in [0, 0.05) is 30.3 Å². The Hall–Kier alpha value is -2.94. The van der Waals surface area contributed by atoms with E-state index in [-0.39, 0.29) is 10.8 Å². The highest BCUT2D eigenvalue weighted by molar-refractivity contribution is 7.15. The van der Waals surface area contributed by atoms with E-state index in [9.17, 15) is 0 Å². The van der Waals surface area contributed by atoms with Gasteiger partial charge in [-0.1, -0.05) is 39.8 Å². The van der Waals surface area contributed by atoms with Gasteiger partial charge in [0.05, 0.1) is 0 Å². The second-order valence-electron chi connectivity index (χ2n) is 12.0. The zero-order valence-electron chi connectivity index (χ0n) is 22.7. The first-order valence-corrected chi connectivity index (χ1v) is 14.8. The lowest BCUT2D eigenvalue weighted by Crippen LogP contribution is -2.17. The zero-order valence-corrected chi connectivity index (χ0v) is 24.3. The smallest absolute Gasteiger partial charge is 0.0345 e. The molecule has 0 radical (unpaired) electrons. The van der Waals surface area contributed by atoms with Crippen LogP contribution in [0.25, 0.3) is 43.1 Å². The van der Waals surface area contributed by atoms with Crippen LogP contribution in [0, 0.1) is 20.8 Å². The first kappa shape index (κ1) is 23.2. The summed E-state index contributed by atoms with van der Waals surface area (Å²) in [7, 11) is 0. The maximum atomic E-state index is 2.54. The lowest BCUT2D eigenvalue weighted by Gasteiger charge is -2.24. The Kier molecular flexibility index (Phi) is 4.74. The van der Waals surface area contributed by atoms with E-state index in [1.165, 1.54) is 80.7 Å². The summed E-state index contributed by atoms with van der Waals surface area (Å²) in [6, 6.07) is 26.1. The molecule has 0 saturated heterocycles. The Bertz CT molecular complexity index is 1750. The van der Waals surface area contributed by atoms with Crippen molar-refractivity contribution in [2.24, 2.45) is 0 Å². The molecule has 5 aromatic rings. The molecule has 37 heavy (non-hydrogen) atoms. The molecule has 2 aromatic heterocycles. The van der Waals surface area contributed by atoms with Crippen molar-refractivity contribution in [1.29, 1.82) is 0 Å². The maximum Gasteiger partial charge on any atom is 0.0345 e. The van der Waals surface area contributed by atoms with Crippen molar-refractivity contribution >= 4 is 22.7 Å². The van der Waals surface area contributed by atoms with E-state index < -0.39 is 0 Å². The predicted octanol–water partition coefficient (Wildman–Crippen LogP) is 10.7. The third-order valence-corrected chi connectivity index (χ3v) is 10.9. The Labute approximate surface area is 228 Å². The maximum absolute atomic E-state index is 2.54. The summed E-state index contributed by atoms with van der Waals surface area (Å²) in [6.45, 7) is 16.3. The highest BCUT2D eigenvalue weighted by Crippen LogP contribution is 2.57. The summed E-state index contributed by atoms with van der Waals surface area (Å²) in [5.74, 6) is 0. The lowest BCUT2D eigenvalue weighted by atomic mass is 9.79. The number of aryl methyl sites for hydroxylation is 3. The van der Waals surface area contributed by atoms with Gasteiger partial charge in [-0.25, -0.2) is 0 Å². The van der Waals surface area contributed by atoms with Gasteiger partial charge in [0.25, 0.3) is 0 Å². The molecule has 2 heterocycles. The molecule has 2 aliphatic carbocycles. The average molecular weight is 517 g/mol. The summed E-state index contributed by atoms with van der Waals surface area (Å²) < 4.78 is 0. The molecule has 0 fully saturated rings. The average Bonchev–Trinajstić information content (AvgIpc) is 3.59. The molecular weight excluding hydrogens is 485 g/mol. The van der Waals surface area contributed by atoms with Gasteiger partial charge in [-0.05, 0) is 137 Å². The van der Waals surface area contributed by atoms with E-state index in [0.29, 0.717) is 0 Å². The number of hydrogen-bond donors (Lipinski definition) is 0. The Morgan fingerprint density at radius 2 is 1.03 bits per heavy atom. The van der Waals surface area contributed by atoms with Gasteiger partial charge in [0.2, 0.25) is 0 Å². The van der Waals surface area contributed by atoms with Crippen LogP contribution in [0.1, 0.15) is 65.3 Å². The van der Waals surface area contributed by atoms with Gasteiger partial charge in [-0.15, -0.1) is 22.7 Å². The minimum Gasteiger partial charge on any atom is -0.141 e. The minimum absolute atomic E-state index is 0.0305. The quantitative estimate of drug-likeness (QED) is 0.219. The Balaban J connectivity index is 1.41. The molecule has 0 unspecified atom stereocenters. The van der Waals surface area contributed by atoms with Gasteiger partial charge in [0.1, 0.15) is 0 Å². The third-order valence-electron chi connectivity index (χ3n) is 8.82. The van der Waals surface area contributed by atoms with Crippen molar-refractivity contribution < 1.29 is 0 Å². The van der Waals surface area contributed by atoms with Crippen LogP contribution in [0.5, 0.6) is 0 Å². The highest BCUT2D eigenvalue weighted by Gasteiger charge is 2.42. The second-order valence-corrected chi connectivity index (χ2v) is 14.6. The molecule has 0 amide bonds. The first-order chi connectivity index (χ1) is 17.6. The highest BCUT2D eigenvalue weighted by atomic mass is 32.1. The van der Waals surface area contributed by atoms with Crippen molar-refractivity contribution in [1.82, 2.24) is 0 Å². The molecule has 0 aliphatic heterocycles. The Morgan fingerprint density at radius 3 is 1.68 bits per heavy atom. The van der Waals surface area contributed by atoms with Crippen molar-refractivity contribution in [3.8, 4) is 43.1 Å².